The number of hydrogen-bond acceptors (Lipinski definition) is 7. The molecule has 0 atom stereocenters. The lowest BCUT2D eigenvalue weighted by atomic mass is 10.1. The first kappa shape index (κ1) is 22.7. The number of aromatic nitrogens is 1. The number of thiazole rings is 1. The number of esters is 1. The molecule has 0 fully saturated rings. The van der Waals surface area contributed by atoms with Gasteiger partial charge < -0.3 is 14.8 Å². The van der Waals surface area contributed by atoms with Crippen molar-refractivity contribution in [3.8, 4) is 16.9 Å². The summed E-state index contributed by atoms with van der Waals surface area (Å²) in [5.41, 5.74) is 4.22. The highest BCUT2D eigenvalue weighted by atomic mass is 32.1. The molecule has 0 aliphatic heterocycles. The van der Waals surface area contributed by atoms with Crippen molar-refractivity contribution in [3.63, 3.8) is 0 Å². The quantitative estimate of drug-likeness (QED) is 0.328. The molecule has 0 saturated carbocycles. The normalized spacial score (nSPS) is 10.6. The number of carbonyl (C=O) groups is 2. The maximum atomic E-state index is 12.7. The Labute approximate surface area is 199 Å². The number of aryl methyl sites for hydroxylation is 1. The molecule has 0 unspecified atom stereocenters. The number of carbonyl (C=O) groups excluding carboxylic acids is 2. The van der Waals surface area contributed by atoms with Gasteiger partial charge in [-0.1, -0.05) is 42.0 Å². The van der Waals surface area contributed by atoms with Crippen molar-refractivity contribution in [2.45, 2.75) is 20.0 Å². The van der Waals surface area contributed by atoms with Gasteiger partial charge in [-0.2, -0.15) is 0 Å². The van der Waals surface area contributed by atoms with Gasteiger partial charge >= 0.3 is 5.97 Å². The number of para-hydroxylation sites is 2. The molecule has 0 aliphatic carbocycles. The molecule has 0 saturated heterocycles. The minimum Gasteiger partial charge on any atom is -0.495 e. The average molecular weight is 479 g/mol. The summed E-state index contributed by atoms with van der Waals surface area (Å²) in [7, 11) is 1.55. The minimum absolute atomic E-state index is 0.0503. The van der Waals surface area contributed by atoms with Crippen molar-refractivity contribution in [1.29, 1.82) is 0 Å². The van der Waals surface area contributed by atoms with Crippen LogP contribution in [0.25, 0.3) is 11.1 Å². The van der Waals surface area contributed by atoms with Crippen LogP contribution in [0.4, 0.5) is 5.69 Å². The van der Waals surface area contributed by atoms with Gasteiger partial charge in [0.2, 0.25) is 5.91 Å². The number of methoxy groups -OCH3 is 1. The van der Waals surface area contributed by atoms with Crippen molar-refractivity contribution >= 4 is 40.2 Å². The fraction of sp³-hybridized carbons (Fsp3) is 0.160. The fourth-order valence-corrected chi connectivity index (χ4v) is 4.79. The molecule has 2 aromatic heterocycles. The number of amides is 1. The van der Waals surface area contributed by atoms with E-state index in [1.54, 1.807) is 24.6 Å². The summed E-state index contributed by atoms with van der Waals surface area (Å²) in [4.78, 5) is 30.1. The fourth-order valence-electron chi connectivity index (χ4n) is 3.21. The van der Waals surface area contributed by atoms with E-state index >= 15 is 0 Å². The molecule has 8 heteroatoms. The second kappa shape index (κ2) is 10.4. The SMILES string of the molecule is COc1ccccc1NC(=O)Cc1nc(COC(=O)c2sccc2-c2ccc(C)cc2)cs1. The Hall–Kier alpha value is -3.49. The van der Waals surface area contributed by atoms with Gasteiger partial charge in [-0.15, -0.1) is 22.7 Å². The second-order valence-electron chi connectivity index (χ2n) is 7.26. The van der Waals surface area contributed by atoms with E-state index in [-0.39, 0.29) is 24.9 Å². The summed E-state index contributed by atoms with van der Waals surface area (Å²) in [5, 5.41) is 7.16. The highest BCUT2D eigenvalue weighted by Gasteiger charge is 2.17. The molecular formula is C25H22N2O4S2. The lowest BCUT2D eigenvalue weighted by molar-refractivity contribution is -0.115. The minimum atomic E-state index is -0.385. The molecule has 0 aliphatic rings. The van der Waals surface area contributed by atoms with Crippen LogP contribution in [0.3, 0.4) is 0 Å². The van der Waals surface area contributed by atoms with E-state index in [0.29, 0.717) is 27.0 Å². The van der Waals surface area contributed by atoms with E-state index in [1.165, 1.54) is 22.7 Å². The number of nitrogens with zero attached hydrogens (tertiary/aromatic N) is 1. The highest BCUT2D eigenvalue weighted by Crippen LogP contribution is 2.29. The molecule has 1 N–H and O–H groups in total. The van der Waals surface area contributed by atoms with E-state index in [1.807, 2.05) is 54.8 Å². The van der Waals surface area contributed by atoms with Crippen molar-refractivity contribution in [1.82, 2.24) is 4.98 Å². The van der Waals surface area contributed by atoms with Gasteiger partial charge in [0.05, 0.1) is 24.9 Å². The molecule has 0 bridgehead atoms. The zero-order valence-electron chi connectivity index (χ0n) is 18.2. The molecule has 2 aromatic carbocycles. The van der Waals surface area contributed by atoms with Gasteiger partial charge in [0.15, 0.2) is 0 Å². The van der Waals surface area contributed by atoms with Gasteiger partial charge in [-0.3, -0.25) is 4.79 Å². The molecule has 4 rings (SSSR count). The zero-order chi connectivity index (χ0) is 23.2. The van der Waals surface area contributed by atoms with E-state index in [0.717, 1.165) is 16.7 Å². The van der Waals surface area contributed by atoms with E-state index in [2.05, 4.69) is 10.3 Å². The van der Waals surface area contributed by atoms with Crippen LogP contribution in [-0.2, 0) is 22.6 Å². The first-order valence-corrected chi connectivity index (χ1v) is 12.0. The van der Waals surface area contributed by atoms with Crippen LogP contribution >= 0.6 is 22.7 Å². The van der Waals surface area contributed by atoms with E-state index in [9.17, 15) is 9.59 Å². The Morgan fingerprint density at radius 1 is 1.03 bits per heavy atom. The maximum Gasteiger partial charge on any atom is 0.349 e. The molecule has 4 aromatic rings. The summed E-state index contributed by atoms with van der Waals surface area (Å²) in [6.45, 7) is 2.07. The third-order valence-corrected chi connectivity index (χ3v) is 6.65. The third-order valence-electron chi connectivity index (χ3n) is 4.86. The van der Waals surface area contributed by atoms with E-state index < -0.39 is 0 Å². The Morgan fingerprint density at radius 2 is 1.82 bits per heavy atom. The topological polar surface area (TPSA) is 77.5 Å². The van der Waals surface area contributed by atoms with Crippen molar-refractivity contribution in [2.75, 3.05) is 12.4 Å². The van der Waals surface area contributed by atoms with Crippen LogP contribution in [0.2, 0.25) is 0 Å². The number of benzene rings is 2. The zero-order valence-corrected chi connectivity index (χ0v) is 19.8. The maximum absolute atomic E-state index is 12.7. The van der Waals surface area contributed by atoms with Gasteiger partial charge in [-0.25, -0.2) is 9.78 Å². The molecule has 0 spiro atoms. The Balaban J connectivity index is 1.34. The van der Waals surface area contributed by atoms with Crippen LogP contribution in [0, 0.1) is 6.92 Å². The van der Waals surface area contributed by atoms with E-state index in [4.69, 9.17) is 9.47 Å². The Kier molecular flexibility index (Phi) is 7.16. The van der Waals surface area contributed by atoms with Crippen LogP contribution in [-0.4, -0.2) is 24.0 Å². The van der Waals surface area contributed by atoms with Gasteiger partial charge in [0.25, 0.3) is 0 Å². The molecule has 1 amide bonds. The predicted molar refractivity (Wildman–Crippen MR) is 131 cm³/mol. The number of thiophene rings is 1. The number of ether oxygens (including phenoxy) is 2. The summed E-state index contributed by atoms with van der Waals surface area (Å²) in [5.74, 6) is 0.0129. The van der Waals surface area contributed by atoms with Crippen molar-refractivity contribution < 1.29 is 19.1 Å². The Bertz CT molecular complexity index is 1260. The first-order valence-electron chi connectivity index (χ1n) is 10.2. The summed E-state index contributed by atoms with van der Waals surface area (Å²) >= 11 is 2.71. The highest BCUT2D eigenvalue weighted by molar-refractivity contribution is 7.12. The standard InChI is InChI=1S/C25H22N2O4S2/c1-16-7-9-17(10-8-16)19-11-12-32-24(19)25(29)31-14-18-15-33-23(26-18)13-22(28)27-20-5-3-4-6-21(20)30-2/h3-12,15H,13-14H2,1-2H3,(H,27,28). The number of rotatable bonds is 8. The smallest absolute Gasteiger partial charge is 0.349 e. The van der Waals surface area contributed by atoms with Crippen LogP contribution < -0.4 is 10.1 Å². The lowest BCUT2D eigenvalue weighted by Crippen LogP contribution is -2.15. The van der Waals surface area contributed by atoms with Crippen molar-refractivity contribution in [2.24, 2.45) is 0 Å². The number of hydrogen-bond donors (Lipinski definition) is 1. The second-order valence-corrected chi connectivity index (χ2v) is 9.12. The molecule has 2 heterocycles. The number of anilines is 1. The summed E-state index contributed by atoms with van der Waals surface area (Å²) in [6.07, 6.45) is 0.124. The Morgan fingerprint density at radius 3 is 2.61 bits per heavy atom. The predicted octanol–water partition coefficient (Wildman–Crippen LogP) is 5.73. The molecule has 6 nitrogen and oxygen atoms in total. The molecular weight excluding hydrogens is 456 g/mol. The largest absolute Gasteiger partial charge is 0.495 e. The van der Waals surface area contributed by atoms with Crippen LogP contribution in [0.1, 0.15) is 25.9 Å². The average Bonchev–Trinajstić information content (AvgIpc) is 3.48. The van der Waals surface area contributed by atoms with Gasteiger partial charge in [0.1, 0.15) is 22.2 Å². The number of nitrogens with one attached hydrogen (secondary N) is 1. The summed E-state index contributed by atoms with van der Waals surface area (Å²) in [6, 6.07) is 17.2. The first-order chi connectivity index (χ1) is 16.0. The van der Waals surface area contributed by atoms with Crippen LogP contribution in [0.5, 0.6) is 5.75 Å². The molecule has 33 heavy (non-hydrogen) atoms. The third kappa shape index (κ3) is 5.66. The van der Waals surface area contributed by atoms with Gasteiger partial charge in [-0.05, 0) is 36.1 Å². The monoisotopic (exact) mass is 478 g/mol. The molecule has 0 radical (unpaired) electrons. The van der Waals surface area contributed by atoms with Gasteiger partial charge in [0, 0.05) is 10.9 Å². The van der Waals surface area contributed by atoms with Crippen LogP contribution in [0.15, 0.2) is 65.4 Å². The molecule has 168 valence electrons. The summed E-state index contributed by atoms with van der Waals surface area (Å²) < 4.78 is 10.8. The lowest BCUT2D eigenvalue weighted by Gasteiger charge is -2.08. The van der Waals surface area contributed by atoms with Crippen molar-refractivity contribution in [3.05, 3.63) is 86.5 Å².